The molecule has 1 amide bonds. The highest BCUT2D eigenvalue weighted by Crippen LogP contribution is 2.13. The second-order valence-electron chi connectivity index (χ2n) is 4.88. The minimum atomic E-state index is -0.921. The highest BCUT2D eigenvalue weighted by molar-refractivity contribution is 5.94. The Hall–Kier alpha value is -2.04. The van der Waals surface area contributed by atoms with Crippen LogP contribution in [0.25, 0.3) is 0 Å². The molecule has 1 atom stereocenters. The third kappa shape index (κ3) is 4.91. The highest BCUT2D eigenvalue weighted by Gasteiger charge is 2.20. The monoisotopic (exact) mass is 279 g/mol. The molecule has 1 aromatic rings. The van der Waals surface area contributed by atoms with Crippen molar-refractivity contribution in [2.45, 2.75) is 33.2 Å². The molecule has 0 radical (unpaired) electrons. The Morgan fingerprint density at radius 1 is 1.25 bits per heavy atom. The smallest absolute Gasteiger partial charge is 0.305 e. The number of nitrogens with one attached hydrogen (secondary N) is 1. The average molecular weight is 279 g/mol. The molecule has 110 valence electrons. The first-order chi connectivity index (χ1) is 9.43. The first-order valence-electron chi connectivity index (χ1n) is 6.69. The summed E-state index contributed by atoms with van der Waals surface area (Å²) >= 11 is 0. The van der Waals surface area contributed by atoms with E-state index in [-0.39, 0.29) is 24.3 Å². The maximum absolute atomic E-state index is 12.1. The van der Waals surface area contributed by atoms with E-state index in [1.165, 1.54) is 0 Å². The number of carboxylic acids is 1. The summed E-state index contributed by atoms with van der Waals surface area (Å²) in [5.74, 6) is -0.434. The van der Waals surface area contributed by atoms with Gasteiger partial charge >= 0.3 is 5.97 Å². The second-order valence-corrected chi connectivity index (χ2v) is 4.88. The molecule has 0 aliphatic heterocycles. The number of carbonyl (C=O) groups is 2. The fourth-order valence-corrected chi connectivity index (χ4v) is 1.76. The fraction of sp³-hybridized carbons (Fsp3) is 0.467. The van der Waals surface area contributed by atoms with Gasteiger partial charge in [-0.15, -0.1) is 0 Å². The fourth-order valence-electron chi connectivity index (χ4n) is 1.76. The van der Waals surface area contributed by atoms with E-state index in [0.29, 0.717) is 17.9 Å². The lowest BCUT2D eigenvalue weighted by molar-refractivity contribution is -0.137. The zero-order chi connectivity index (χ0) is 15.1. The van der Waals surface area contributed by atoms with E-state index in [4.69, 9.17) is 9.84 Å². The molecule has 5 nitrogen and oxygen atoms in total. The maximum atomic E-state index is 12.1. The summed E-state index contributed by atoms with van der Waals surface area (Å²) in [6, 6.07) is 6.39. The summed E-state index contributed by atoms with van der Waals surface area (Å²) in [7, 11) is 0. The zero-order valence-corrected chi connectivity index (χ0v) is 12.1. The first kappa shape index (κ1) is 16.0. The van der Waals surface area contributed by atoms with Crippen LogP contribution in [0.15, 0.2) is 24.3 Å². The molecule has 0 heterocycles. The Morgan fingerprint density at radius 2 is 1.85 bits per heavy atom. The molecule has 0 spiro atoms. The largest absolute Gasteiger partial charge is 0.494 e. The van der Waals surface area contributed by atoms with Crippen molar-refractivity contribution < 1.29 is 19.4 Å². The molecule has 1 unspecified atom stereocenters. The van der Waals surface area contributed by atoms with Crippen LogP contribution in [0.5, 0.6) is 5.75 Å². The van der Waals surface area contributed by atoms with Gasteiger partial charge in [0.2, 0.25) is 0 Å². The summed E-state index contributed by atoms with van der Waals surface area (Å²) in [5, 5.41) is 11.6. The first-order valence-corrected chi connectivity index (χ1v) is 6.69. The van der Waals surface area contributed by atoms with Crippen LogP contribution in [-0.4, -0.2) is 29.6 Å². The minimum absolute atomic E-state index is 0.0535. The molecule has 0 aliphatic carbocycles. The normalized spacial score (nSPS) is 12.0. The average Bonchev–Trinajstić information content (AvgIpc) is 2.38. The van der Waals surface area contributed by atoms with Crippen LogP contribution in [0, 0.1) is 5.92 Å². The van der Waals surface area contributed by atoms with Crippen LogP contribution < -0.4 is 10.1 Å². The number of carbonyl (C=O) groups excluding carboxylic acids is 1. The lowest BCUT2D eigenvalue weighted by Gasteiger charge is -2.20. The Kier molecular flexibility index (Phi) is 6.03. The van der Waals surface area contributed by atoms with Gasteiger partial charge in [-0.05, 0) is 37.1 Å². The van der Waals surface area contributed by atoms with Crippen LogP contribution in [0.4, 0.5) is 0 Å². The molecular weight excluding hydrogens is 258 g/mol. The van der Waals surface area contributed by atoms with Crippen molar-refractivity contribution in [1.29, 1.82) is 0 Å². The molecule has 0 bridgehead atoms. The van der Waals surface area contributed by atoms with Crippen molar-refractivity contribution in [3.8, 4) is 5.75 Å². The van der Waals surface area contributed by atoms with Gasteiger partial charge in [-0.25, -0.2) is 0 Å². The van der Waals surface area contributed by atoms with Crippen molar-refractivity contribution in [1.82, 2.24) is 5.32 Å². The third-order valence-electron chi connectivity index (χ3n) is 2.94. The van der Waals surface area contributed by atoms with E-state index >= 15 is 0 Å². The number of carboxylic acid groups (broad SMARTS) is 1. The summed E-state index contributed by atoms with van der Waals surface area (Å²) in [6.45, 7) is 6.22. The summed E-state index contributed by atoms with van der Waals surface area (Å²) in [6.07, 6.45) is -0.0829. The van der Waals surface area contributed by atoms with Crippen molar-refractivity contribution in [3.05, 3.63) is 29.8 Å². The van der Waals surface area contributed by atoms with E-state index in [1.807, 2.05) is 20.8 Å². The van der Waals surface area contributed by atoms with Gasteiger partial charge in [-0.2, -0.15) is 0 Å². The topological polar surface area (TPSA) is 75.6 Å². The van der Waals surface area contributed by atoms with E-state index in [0.717, 1.165) is 0 Å². The van der Waals surface area contributed by atoms with Crippen LogP contribution in [0.1, 0.15) is 37.6 Å². The molecule has 0 saturated carbocycles. The van der Waals surface area contributed by atoms with Crippen molar-refractivity contribution in [2.75, 3.05) is 6.61 Å². The van der Waals surface area contributed by atoms with E-state index in [1.54, 1.807) is 24.3 Å². The number of benzene rings is 1. The number of hydrogen-bond donors (Lipinski definition) is 2. The molecule has 2 N–H and O–H groups in total. The molecule has 1 rings (SSSR count). The lowest BCUT2D eigenvalue weighted by Crippen LogP contribution is -2.40. The zero-order valence-electron chi connectivity index (χ0n) is 12.1. The quantitative estimate of drug-likeness (QED) is 0.803. The molecule has 20 heavy (non-hydrogen) atoms. The number of rotatable bonds is 7. The van der Waals surface area contributed by atoms with E-state index in [2.05, 4.69) is 5.32 Å². The van der Waals surface area contributed by atoms with Gasteiger partial charge in [-0.3, -0.25) is 9.59 Å². The van der Waals surface area contributed by atoms with Gasteiger partial charge in [-0.1, -0.05) is 13.8 Å². The second kappa shape index (κ2) is 7.53. The summed E-state index contributed by atoms with van der Waals surface area (Å²) in [5.41, 5.74) is 0.490. The minimum Gasteiger partial charge on any atom is -0.494 e. The van der Waals surface area contributed by atoms with Gasteiger partial charge in [0, 0.05) is 11.6 Å². The van der Waals surface area contributed by atoms with Crippen molar-refractivity contribution >= 4 is 11.9 Å². The Morgan fingerprint density at radius 3 is 2.30 bits per heavy atom. The van der Waals surface area contributed by atoms with Crippen molar-refractivity contribution in [2.24, 2.45) is 5.92 Å². The molecule has 0 saturated heterocycles. The molecule has 1 aromatic carbocycles. The Bertz CT molecular complexity index is 453. The van der Waals surface area contributed by atoms with Gasteiger partial charge in [0.15, 0.2) is 0 Å². The third-order valence-corrected chi connectivity index (χ3v) is 2.94. The number of amides is 1. The van der Waals surface area contributed by atoms with Crippen LogP contribution in [-0.2, 0) is 4.79 Å². The SMILES string of the molecule is CCOc1ccc(C(=O)NC(CC(=O)O)C(C)C)cc1. The standard InChI is InChI=1S/C15H21NO4/c1-4-20-12-7-5-11(6-8-12)15(19)16-13(10(2)3)9-14(17)18/h5-8,10,13H,4,9H2,1-3H3,(H,16,19)(H,17,18). The highest BCUT2D eigenvalue weighted by atomic mass is 16.5. The van der Waals surface area contributed by atoms with Crippen LogP contribution in [0.3, 0.4) is 0 Å². The van der Waals surface area contributed by atoms with Crippen molar-refractivity contribution in [3.63, 3.8) is 0 Å². The molecule has 0 aliphatic rings. The van der Waals surface area contributed by atoms with Crippen LogP contribution in [0.2, 0.25) is 0 Å². The van der Waals surface area contributed by atoms with Gasteiger partial charge < -0.3 is 15.2 Å². The molecular formula is C15H21NO4. The Labute approximate surface area is 118 Å². The van der Waals surface area contributed by atoms with Crippen LogP contribution >= 0.6 is 0 Å². The predicted molar refractivity (Wildman–Crippen MR) is 76.0 cm³/mol. The molecule has 0 fully saturated rings. The molecule has 5 heteroatoms. The van der Waals surface area contributed by atoms with Gasteiger partial charge in [0.1, 0.15) is 5.75 Å². The summed E-state index contributed by atoms with van der Waals surface area (Å²) in [4.78, 5) is 22.8. The van der Waals surface area contributed by atoms with E-state index < -0.39 is 5.97 Å². The number of hydrogen-bond acceptors (Lipinski definition) is 3. The number of ether oxygens (including phenoxy) is 1. The maximum Gasteiger partial charge on any atom is 0.305 e. The number of aliphatic carboxylic acids is 1. The van der Waals surface area contributed by atoms with E-state index in [9.17, 15) is 9.59 Å². The predicted octanol–water partition coefficient (Wildman–Crippen LogP) is 2.31. The Balaban J connectivity index is 2.70. The summed E-state index contributed by atoms with van der Waals surface area (Å²) < 4.78 is 5.30. The molecule has 0 aromatic heterocycles. The van der Waals surface area contributed by atoms with Gasteiger partial charge in [0.25, 0.3) is 5.91 Å². The van der Waals surface area contributed by atoms with Gasteiger partial charge in [0.05, 0.1) is 13.0 Å². The lowest BCUT2D eigenvalue weighted by atomic mass is 10.0.